The Hall–Kier alpha value is -2.70. The van der Waals surface area contributed by atoms with Gasteiger partial charge in [-0.15, -0.1) is 0 Å². The van der Waals surface area contributed by atoms with Gasteiger partial charge in [-0.3, -0.25) is 4.79 Å². The Morgan fingerprint density at radius 3 is 2.61 bits per heavy atom. The Labute approximate surface area is 130 Å². The van der Waals surface area contributed by atoms with E-state index in [1.165, 1.54) is 19.1 Å². The summed E-state index contributed by atoms with van der Waals surface area (Å²) in [6.45, 7) is 3.18. The van der Waals surface area contributed by atoms with E-state index in [0.717, 1.165) is 12.1 Å². The van der Waals surface area contributed by atoms with Crippen LogP contribution in [0.5, 0.6) is 0 Å². The quantitative estimate of drug-likeness (QED) is 0.885. The van der Waals surface area contributed by atoms with Crippen molar-refractivity contribution in [1.29, 1.82) is 0 Å². The van der Waals surface area contributed by atoms with Crippen molar-refractivity contribution in [2.45, 2.75) is 26.3 Å². The third kappa shape index (κ3) is 3.39. The second-order valence-electron chi connectivity index (χ2n) is 4.94. The predicted octanol–water partition coefficient (Wildman–Crippen LogP) is 3.31. The minimum absolute atomic E-state index is 0.0147. The Kier molecular flexibility index (Phi) is 4.78. The van der Waals surface area contributed by atoms with Gasteiger partial charge in [0.25, 0.3) is 5.91 Å². The van der Waals surface area contributed by atoms with Crippen LogP contribution < -0.4 is 5.32 Å². The van der Waals surface area contributed by atoms with Crippen LogP contribution in [0.1, 0.15) is 52.1 Å². The number of carbonyl (C=O) groups excluding carboxylic acids is 1. The van der Waals surface area contributed by atoms with Gasteiger partial charge < -0.3 is 14.8 Å². The Bertz CT molecular complexity index is 755. The molecule has 5 nitrogen and oxygen atoms in total. The second kappa shape index (κ2) is 6.60. The van der Waals surface area contributed by atoms with Gasteiger partial charge in [-0.05, 0) is 13.0 Å². The highest BCUT2D eigenvalue weighted by molar-refractivity contribution is 5.96. The number of furan rings is 1. The van der Waals surface area contributed by atoms with Crippen LogP contribution in [0.2, 0.25) is 0 Å². The average molecular weight is 323 g/mol. The van der Waals surface area contributed by atoms with E-state index in [4.69, 9.17) is 9.52 Å². The maximum absolute atomic E-state index is 13.7. The molecule has 2 N–H and O–H groups in total. The van der Waals surface area contributed by atoms with Crippen LogP contribution in [0.4, 0.5) is 8.78 Å². The maximum atomic E-state index is 13.7. The van der Waals surface area contributed by atoms with Crippen LogP contribution in [0.25, 0.3) is 0 Å². The zero-order valence-corrected chi connectivity index (χ0v) is 12.5. The molecule has 23 heavy (non-hydrogen) atoms. The summed E-state index contributed by atoms with van der Waals surface area (Å²) in [5.41, 5.74) is -0.110. The van der Waals surface area contributed by atoms with E-state index in [1.54, 1.807) is 6.92 Å². The molecule has 0 aliphatic rings. The number of hydrogen-bond acceptors (Lipinski definition) is 3. The number of carboxylic acids is 1. The summed E-state index contributed by atoms with van der Waals surface area (Å²) in [7, 11) is 0. The summed E-state index contributed by atoms with van der Waals surface area (Å²) in [6.07, 6.45) is 0.309. The van der Waals surface area contributed by atoms with Crippen LogP contribution >= 0.6 is 0 Å². The summed E-state index contributed by atoms with van der Waals surface area (Å²) in [4.78, 5) is 23.2. The SMILES string of the molecule is CCc1oc(C(=O)NC(C)c2cccc(F)c2F)cc1C(=O)O. The van der Waals surface area contributed by atoms with Crippen molar-refractivity contribution in [3.8, 4) is 0 Å². The molecule has 1 aromatic heterocycles. The molecule has 0 aliphatic heterocycles. The van der Waals surface area contributed by atoms with E-state index in [-0.39, 0.29) is 22.6 Å². The fraction of sp³-hybridized carbons (Fsp3) is 0.250. The molecule has 0 saturated heterocycles. The van der Waals surface area contributed by atoms with Gasteiger partial charge in [0.1, 0.15) is 11.3 Å². The Balaban J connectivity index is 2.22. The number of hydrogen-bond donors (Lipinski definition) is 2. The molecular weight excluding hydrogens is 308 g/mol. The summed E-state index contributed by atoms with van der Waals surface area (Å²) in [6, 6.07) is 3.96. The van der Waals surface area contributed by atoms with E-state index in [9.17, 15) is 18.4 Å². The lowest BCUT2D eigenvalue weighted by Crippen LogP contribution is -2.27. The van der Waals surface area contributed by atoms with E-state index in [1.807, 2.05) is 0 Å². The van der Waals surface area contributed by atoms with Gasteiger partial charge in [-0.2, -0.15) is 0 Å². The first-order valence-electron chi connectivity index (χ1n) is 6.95. The number of rotatable bonds is 5. The minimum atomic E-state index is -1.20. The maximum Gasteiger partial charge on any atom is 0.339 e. The molecule has 0 bridgehead atoms. The number of nitrogens with one attached hydrogen (secondary N) is 1. The number of aromatic carboxylic acids is 1. The molecule has 122 valence electrons. The van der Waals surface area contributed by atoms with Crippen molar-refractivity contribution in [2.75, 3.05) is 0 Å². The zero-order chi connectivity index (χ0) is 17.1. The normalized spacial score (nSPS) is 12.0. The average Bonchev–Trinajstić information content (AvgIpc) is 2.94. The molecule has 0 fully saturated rings. The van der Waals surface area contributed by atoms with Crippen molar-refractivity contribution in [3.63, 3.8) is 0 Å². The molecule has 7 heteroatoms. The summed E-state index contributed by atoms with van der Waals surface area (Å²) in [5, 5.41) is 11.5. The highest BCUT2D eigenvalue weighted by atomic mass is 19.2. The van der Waals surface area contributed by atoms with E-state index < -0.39 is 29.6 Å². The Morgan fingerprint density at radius 2 is 2.04 bits per heavy atom. The molecule has 1 amide bonds. The fourth-order valence-electron chi connectivity index (χ4n) is 2.18. The molecule has 2 rings (SSSR count). The highest BCUT2D eigenvalue weighted by Gasteiger charge is 2.22. The number of carbonyl (C=O) groups is 2. The van der Waals surface area contributed by atoms with Gasteiger partial charge in [-0.25, -0.2) is 13.6 Å². The molecular formula is C16H15F2NO4. The molecule has 0 aliphatic carbocycles. The highest BCUT2D eigenvalue weighted by Crippen LogP contribution is 2.21. The minimum Gasteiger partial charge on any atom is -0.478 e. The molecule has 1 unspecified atom stereocenters. The smallest absolute Gasteiger partial charge is 0.339 e. The van der Waals surface area contributed by atoms with Crippen molar-refractivity contribution in [2.24, 2.45) is 0 Å². The van der Waals surface area contributed by atoms with Gasteiger partial charge in [0.05, 0.1) is 6.04 Å². The first-order chi connectivity index (χ1) is 10.8. The van der Waals surface area contributed by atoms with Crippen LogP contribution in [-0.2, 0) is 6.42 Å². The van der Waals surface area contributed by atoms with Crippen molar-refractivity contribution >= 4 is 11.9 Å². The number of carboxylic acid groups (broad SMARTS) is 1. The molecule has 1 atom stereocenters. The third-order valence-electron chi connectivity index (χ3n) is 3.38. The molecule has 0 spiro atoms. The fourth-order valence-corrected chi connectivity index (χ4v) is 2.18. The van der Waals surface area contributed by atoms with E-state index in [0.29, 0.717) is 6.42 Å². The summed E-state index contributed by atoms with van der Waals surface area (Å²) >= 11 is 0. The second-order valence-corrected chi connectivity index (χ2v) is 4.94. The molecule has 2 aromatic rings. The zero-order valence-electron chi connectivity index (χ0n) is 12.5. The van der Waals surface area contributed by atoms with Crippen LogP contribution in [0, 0.1) is 11.6 Å². The van der Waals surface area contributed by atoms with Crippen molar-refractivity contribution in [3.05, 3.63) is 58.5 Å². The number of halogens is 2. The van der Waals surface area contributed by atoms with E-state index >= 15 is 0 Å². The summed E-state index contributed by atoms with van der Waals surface area (Å²) in [5.74, 6) is -3.98. The van der Waals surface area contributed by atoms with Gasteiger partial charge in [0.15, 0.2) is 17.4 Å². The molecule has 1 aromatic carbocycles. The van der Waals surface area contributed by atoms with Crippen molar-refractivity contribution < 1.29 is 27.9 Å². The number of benzene rings is 1. The standard InChI is InChI=1S/C16H15F2NO4/c1-3-12-10(16(21)22)7-13(23-12)15(20)19-8(2)9-5-4-6-11(17)14(9)18/h4-8H,3H2,1-2H3,(H,19,20)(H,21,22). The van der Waals surface area contributed by atoms with Crippen LogP contribution in [0.3, 0.4) is 0 Å². The monoisotopic (exact) mass is 323 g/mol. The van der Waals surface area contributed by atoms with Gasteiger partial charge in [0.2, 0.25) is 0 Å². The van der Waals surface area contributed by atoms with Crippen molar-refractivity contribution in [1.82, 2.24) is 5.32 Å². The molecule has 0 saturated carbocycles. The largest absolute Gasteiger partial charge is 0.478 e. The number of amides is 1. The first-order valence-corrected chi connectivity index (χ1v) is 6.95. The Morgan fingerprint density at radius 1 is 1.35 bits per heavy atom. The van der Waals surface area contributed by atoms with Crippen LogP contribution in [-0.4, -0.2) is 17.0 Å². The lowest BCUT2D eigenvalue weighted by molar-refractivity contribution is 0.0694. The topological polar surface area (TPSA) is 79.5 Å². The van der Waals surface area contributed by atoms with Gasteiger partial charge >= 0.3 is 5.97 Å². The first kappa shape index (κ1) is 16.7. The number of aryl methyl sites for hydroxylation is 1. The predicted molar refractivity (Wildman–Crippen MR) is 77.3 cm³/mol. The van der Waals surface area contributed by atoms with Gasteiger partial charge in [0, 0.05) is 18.1 Å². The van der Waals surface area contributed by atoms with E-state index in [2.05, 4.69) is 5.32 Å². The van der Waals surface area contributed by atoms with Gasteiger partial charge in [-0.1, -0.05) is 19.1 Å². The molecule has 0 radical (unpaired) electrons. The van der Waals surface area contributed by atoms with Crippen LogP contribution in [0.15, 0.2) is 28.7 Å². The third-order valence-corrected chi connectivity index (χ3v) is 3.38. The lowest BCUT2D eigenvalue weighted by Gasteiger charge is -2.14. The molecule has 1 heterocycles. The lowest BCUT2D eigenvalue weighted by atomic mass is 10.1. The summed E-state index contributed by atoms with van der Waals surface area (Å²) < 4.78 is 32.1.